The summed E-state index contributed by atoms with van der Waals surface area (Å²) < 4.78 is 18.6. The van der Waals surface area contributed by atoms with Crippen LogP contribution < -0.4 is 15.8 Å². The highest BCUT2D eigenvalue weighted by Gasteiger charge is 2.26. The molecule has 2 aromatic rings. The molecule has 1 saturated heterocycles. The number of nitrogens with one attached hydrogen (secondary N) is 1. The van der Waals surface area contributed by atoms with Crippen molar-refractivity contribution < 1.29 is 13.9 Å². The summed E-state index contributed by atoms with van der Waals surface area (Å²) in [5.41, 5.74) is 9.47. The number of methoxy groups -OCH3 is 1. The van der Waals surface area contributed by atoms with Crippen LogP contribution in [0.15, 0.2) is 42.5 Å². The molecule has 1 amide bonds. The predicted octanol–water partition coefficient (Wildman–Crippen LogP) is 3.79. The van der Waals surface area contributed by atoms with E-state index >= 15 is 0 Å². The van der Waals surface area contributed by atoms with E-state index in [1.54, 1.807) is 6.07 Å². The number of benzene rings is 2. The third-order valence-electron chi connectivity index (χ3n) is 7.19. The number of likely N-dealkylation sites (tertiary alicyclic amines) is 1. The van der Waals surface area contributed by atoms with Crippen molar-refractivity contribution in [2.24, 2.45) is 5.73 Å². The molecule has 0 unspecified atom stereocenters. The van der Waals surface area contributed by atoms with Gasteiger partial charge in [0.25, 0.3) is 0 Å². The second kappa shape index (κ2) is 11.1. The molecule has 2 aliphatic rings. The highest BCUT2D eigenvalue weighted by atomic mass is 19.1. The predicted molar refractivity (Wildman–Crippen MR) is 129 cm³/mol. The van der Waals surface area contributed by atoms with Crippen LogP contribution in [0.3, 0.4) is 0 Å². The number of ether oxygens (including phenoxy) is 1. The van der Waals surface area contributed by atoms with E-state index in [0.717, 1.165) is 62.9 Å². The summed E-state index contributed by atoms with van der Waals surface area (Å²) in [6.07, 6.45) is 6.59. The number of carbonyl (C=O) groups is 1. The molecule has 1 aliphatic carbocycles. The number of nitrogens with zero attached hydrogens (tertiary/aromatic N) is 1. The summed E-state index contributed by atoms with van der Waals surface area (Å²) in [4.78, 5) is 14.5. The van der Waals surface area contributed by atoms with E-state index in [9.17, 15) is 9.18 Å². The van der Waals surface area contributed by atoms with Crippen LogP contribution >= 0.6 is 0 Å². The second-order valence-electron chi connectivity index (χ2n) is 9.52. The number of nitrogens with two attached hydrogens (primary N) is 1. The van der Waals surface area contributed by atoms with Crippen LogP contribution in [0, 0.1) is 5.82 Å². The Hall–Kier alpha value is -2.44. The lowest BCUT2D eigenvalue weighted by Gasteiger charge is -2.30. The highest BCUT2D eigenvalue weighted by Crippen LogP contribution is 2.34. The Morgan fingerprint density at radius 2 is 1.82 bits per heavy atom. The van der Waals surface area contributed by atoms with Crippen LogP contribution in [0.5, 0.6) is 5.75 Å². The summed E-state index contributed by atoms with van der Waals surface area (Å²) in [5.74, 6) is 0.749. The Morgan fingerprint density at radius 1 is 1.09 bits per heavy atom. The molecule has 3 N–H and O–H groups in total. The third-order valence-corrected chi connectivity index (χ3v) is 7.19. The molecule has 1 aliphatic heterocycles. The molecule has 6 heteroatoms. The van der Waals surface area contributed by atoms with Crippen molar-refractivity contribution in [1.29, 1.82) is 0 Å². The molecular formula is C27H36FN3O2. The third kappa shape index (κ3) is 6.33. The monoisotopic (exact) mass is 453 g/mol. The van der Waals surface area contributed by atoms with Crippen molar-refractivity contribution >= 4 is 5.91 Å². The molecule has 1 saturated carbocycles. The van der Waals surface area contributed by atoms with E-state index in [1.807, 2.05) is 11.0 Å². The van der Waals surface area contributed by atoms with Gasteiger partial charge in [-0.3, -0.25) is 4.79 Å². The Morgan fingerprint density at radius 3 is 2.55 bits per heavy atom. The van der Waals surface area contributed by atoms with Gasteiger partial charge < -0.3 is 20.7 Å². The Balaban J connectivity index is 1.21. The largest absolute Gasteiger partial charge is 0.494 e. The average molecular weight is 454 g/mol. The van der Waals surface area contributed by atoms with Gasteiger partial charge in [-0.1, -0.05) is 30.3 Å². The maximum absolute atomic E-state index is 13.6. The zero-order valence-electron chi connectivity index (χ0n) is 19.6. The van der Waals surface area contributed by atoms with Gasteiger partial charge in [-0.2, -0.15) is 0 Å². The molecule has 0 spiro atoms. The van der Waals surface area contributed by atoms with E-state index in [4.69, 9.17) is 10.5 Å². The smallest absolute Gasteiger partial charge is 0.226 e. The lowest BCUT2D eigenvalue weighted by molar-refractivity contribution is -0.131. The first-order valence-electron chi connectivity index (χ1n) is 12.2. The fourth-order valence-electron chi connectivity index (χ4n) is 5.09. The van der Waals surface area contributed by atoms with Gasteiger partial charge in [-0.25, -0.2) is 4.39 Å². The maximum atomic E-state index is 13.6. The molecule has 4 rings (SSSR count). The van der Waals surface area contributed by atoms with Crippen LogP contribution in [0.2, 0.25) is 0 Å². The van der Waals surface area contributed by atoms with Crippen molar-refractivity contribution in [3.63, 3.8) is 0 Å². The number of halogens is 1. The average Bonchev–Trinajstić information content (AvgIpc) is 3.30. The van der Waals surface area contributed by atoms with Gasteiger partial charge in [-0.15, -0.1) is 0 Å². The number of hydrogen-bond acceptors (Lipinski definition) is 4. The van der Waals surface area contributed by atoms with E-state index in [-0.39, 0.29) is 17.8 Å². The number of carbonyl (C=O) groups excluding carboxylic acids is 1. The molecule has 33 heavy (non-hydrogen) atoms. The van der Waals surface area contributed by atoms with Crippen LogP contribution in [-0.2, 0) is 17.6 Å². The fraction of sp³-hybridized carbons (Fsp3) is 0.519. The first-order valence-corrected chi connectivity index (χ1v) is 12.2. The maximum Gasteiger partial charge on any atom is 0.226 e. The molecule has 2 atom stereocenters. The van der Waals surface area contributed by atoms with E-state index < -0.39 is 0 Å². The quantitative estimate of drug-likeness (QED) is 0.638. The topological polar surface area (TPSA) is 67.6 Å². The molecule has 2 fully saturated rings. The molecular weight excluding hydrogens is 417 g/mol. The fourth-order valence-corrected chi connectivity index (χ4v) is 5.09. The summed E-state index contributed by atoms with van der Waals surface area (Å²) in [6.45, 7) is 2.43. The molecule has 2 aromatic carbocycles. The van der Waals surface area contributed by atoms with Crippen molar-refractivity contribution in [2.75, 3.05) is 26.7 Å². The van der Waals surface area contributed by atoms with Crippen LogP contribution in [0.4, 0.5) is 4.39 Å². The highest BCUT2D eigenvalue weighted by molar-refractivity contribution is 5.78. The summed E-state index contributed by atoms with van der Waals surface area (Å²) in [5, 5.41) is 3.67. The molecule has 5 nitrogen and oxygen atoms in total. The molecule has 178 valence electrons. The van der Waals surface area contributed by atoms with Gasteiger partial charge in [0.2, 0.25) is 5.91 Å². The van der Waals surface area contributed by atoms with Crippen molar-refractivity contribution in [3.05, 3.63) is 65.0 Å². The Labute approximate surface area is 196 Å². The van der Waals surface area contributed by atoms with Gasteiger partial charge in [0, 0.05) is 25.2 Å². The SMILES string of the molecule is COc1cc(CCN[C@H]2CC[C@@H](c3ccc(CC(=O)N4CCC(N)CC4)cc3)C2)ccc1F. The number of rotatable bonds is 8. The van der Waals surface area contributed by atoms with Gasteiger partial charge in [0.15, 0.2) is 11.6 Å². The normalized spacial score (nSPS) is 21.4. The first kappa shape index (κ1) is 23.7. The number of piperidine rings is 1. The zero-order chi connectivity index (χ0) is 23.2. The standard InChI is InChI=1S/C27H36FN3O2/c1-33-26-16-20(4-9-25(26)28)10-13-30-24-8-7-22(18-24)21-5-2-19(3-6-21)17-27(32)31-14-11-23(29)12-15-31/h2-6,9,16,22-24,30H,7-8,10-15,17-18,29H2,1H3/t22-,24+/m1/s1. The lowest BCUT2D eigenvalue weighted by Crippen LogP contribution is -2.43. The second-order valence-corrected chi connectivity index (χ2v) is 9.52. The Kier molecular flexibility index (Phi) is 7.99. The molecule has 0 bridgehead atoms. The minimum Gasteiger partial charge on any atom is -0.494 e. The van der Waals surface area contributed by atoms with Crippen LogP contribution in [0.25, 0.3) is 0 Å². The van der Waals surface area contributed by atoms with E-state index in [1.165, 1.54) is 25.2 Å². The molecule has 1 heterocycles. The minimum atomic E-state index is -0.320. The Bertz CT molecular complexity index is 925. The van der Waals surface area contributed by atoms with Gasteiger partial charge in [0.1, 0.15) is 0 Å². The summed E-state index contributed by atoms with van der Waals surface area (Å²) in [6, 6.07) is 14.5. The molecule has 0 radical (unpaired) electrons. The van der Waals surface area contributed by atoms with Gasteiger partial charge in [0.05, 0.1) is 13.5 Å². The van der Waals surface area contributed by atoms with Crippen molar-refractivity contribution in [3.8, 4) is 5.75 Å². The summed E-state index contributed by atoms with van der Waals surface area (Å²) in [7, 11) is 1.49. The summed E-state index contributed by atoms with van der Waals surface area (Å²) >= 11 is 0. The molecule has 0 aromatic heterocycles. The minimum absolute atomic E-state index is 0.207. The van der Waals surface area contributed by atoms with Gasteiger partial charge >= 0.3 is 0 Å². The lowest BCUT2D eigenvalue weighted by atomic mass is 9.95. The van der Waals surface area contributed by atoms with E-state index in [0.29, 0.717) is 24.1 Å². The van der Waals surface area contributed by atoms with Crippen molar-refractivity contribution in [2.45, 2.75) is 62.9 Å². The van der Waals surface area contributed by atoms with Crippen LogP contribution in [0.1, 0.15) is 54.7 Å². The zero-order valence-corrected chi connectivity index (χ0v) is 19.6. The van der Waals surface area contributed by atoms with Gasteiger partial charge in [-0.05, 0) is 79.8 Å². The number of hydrogen-bond donors (Lipinski definition) is 2. The first-order chi connectivity index (χ1) is 16.0. The number of amides is 1. The van der Waals surface area contributed by atoms with E-state index in [2.05, 4.69) is 29.6 Å². The van der Waals surface area contributed by atoms with Crippen LogP contribution in [-0.4, -0.2) is 49.6 Å². The van der Waals surface area contributed by atoms with Crippen molar-refractivity contribution in [1.82, 2.24) is 10.2 Å².